The van der Waals surface area contributed by atoms with Crippen LogP contribution in [0.4, 0.5) is 5.95 Å². The molecule has 1 amide bonds. The molecule has 0 bridgehead atoms. The molecule has 10 nitrogen and oxygen atoms in total. The summed E-state index contributed by atoms with van der Waals surface area (Å²) in [5.41, 5.74) is 0.485. The molecular formula is C28H49N5O5Si2. The zero-order valence-corrected chi connectivity index (χ0v) is 28.5. The second-order valence-corrected chi connectivity index (χ2v) is 24.3. The molecule has 1 fully saturated rings. The minimum atomic E-state index is -2.11. The summed E-state index contributed by atoms with van der Waals surface area (Å²) in [4.78, 5) is 37.1. The SMILES string of the molecule is CC(C)C(=O)N1CCn2c1nc1c(ncn1C1C[C@H](O[Si](C)(C)C(C)(C)C)[C@@H](CO[Si](C)(C)C(C)(C)C)O1)c2=O. The first kappa shape index (κ1) is 31.1. The largest absolute Gasteiger partial charge is 0.414 e. The molecule has 224 valence electrons. The molecule has 2 aromatic rings. The third-order valence-electron chi connectivity index (χ3n) is 9.37. The smallest absolute Gasteiger partial charge is 0.283 e. The fourth-order valence-corrected chi connectivity index (χ4v) is 7.01. The molecule has 1 unspecified atom stereocenters. The van der Waals surface area contributed by atoms with Crippen molar-refractivity contribution < 1.29 is 18.4 Å². The van der Waals surface area contributed by atoms with Crippen LogP contribution in [0.1, 0.15) is 68.0 Å². The van der Waals surface area contributed by atoms with Gasteiger partial charge in [-0.15, -0.1) is 0 Å². The van der Waals surface area contributed by atoms with Crippen LogP contribution in [0.2, 0.25) is 36.3 Å². The number of fused-ring (bicyclic) bond motifs is 2. The Hall–Kier alpha value is -1.87. The molecule has 2 aliphatic heterocycles. The average Bonchev–Trinajstić information content (AvgIpc) is 3.52. The average molecular weight is 592 g/mol. The topological polar surface area (TPSA) is 101 Å². The van der Waals surface area contributed by atoms with E-state index in [0.717, 1.165) is 0 Å². The molecule has 40 heavy (non-hydrogen) atoms. The highest BCUT2D eigenvalue weighted by atomic mass is 28.4. The summed E-state index contributed by atoms with van der Waals surface area (Å²) in [6, 6.07) is 0. The van der Waals surface area contributed by atoms with Crippen LogP contribution in [0, 0.1) is 5.92 Å². The number of anilines is 1. The fraction of sp³-hybridized carbons (Fsp3) is 0.786. The number of hydrogen-bond acceptors (Lipinski definition) is 7. The lowest BCUT2D eigenvalue weighted by atomic mass is 10.2. The molecule has 4 rings (SSSR count). The Labute approximate surface area is 240 Å². The highest BCUT2D eigenvalue weighted by Crippen LogP contribution is 2.43. The van der Waals surface area contributed by atoms with Crippen LogP contribution in [0.15, 0.2) is 11.1 Å². The van der Waals surface area contributed by atoms with Gasteiger partial charge in [0.15, 0.2) is 27.8 Å². The summed E-state index contributed by atoms with van der Waals surface area (Å²) < 4.78 is 23.6. The first-order valence-corrected chi connectivity index (χ1v) is 20.3. The van der Waals surface area contributed by atoms with E-state index in [9.17, 15) is 9.59 Å². The Kier molecular flexibility index (Phi) is 8.11. The minimum Gasteiger partial charge on any atom is -0.414 e. The van der Waals surface area contributed by atoms with Crippen molar-refractivity contribution in [2.45, 2.75) is 123 Å². The number of ether oxygens (including phenoxy) is 1. The Balaban J connectivity index is 1.69. The number of carbonyl (C=O) groups is 1. The van der Waals surface area contributed by atoms with Gasteiger partial charge in [-0.1, -0.05) is 55.4 Å². The Morgan fingerprint density at radius 2 is 1.70 bits per heavy atom. The number of rotatable bonds is 7. The Bertz CT molecular complexity index is 1320. The van der Waals surface area contributed by atoms with Gasteiger partial charge in [0.2, 0.25) is 11.9 Å². The molecule has 0 aromatic carbocycles. The number of carbonyl (C=O) groups excluding carboxylic acids is 1. The van der Waals surface area contributed by atoms with Crippen molar-refractivity contribution in [3.63, 3.8) is 0 Å². The third kappa shape index (κ3) is 5.61. The van der Waals surface area contributed by atoms with Crippen molar-refractivity contribution in [1.82, 2.24) is 19.1 Å². The van der Waals surface area contributed by atoms with E-state index in [1.54, 1.807) is 15.8 Å². The van der Waals surface area contributed by atoms with E-state index >= 15 is 0 Å². The lowest BCUT2D eigenvalue weighted by Crippen LogP contribution is -2.48. The second kappa shape index (κ2) is 10.4. The van der Waals surface area contributed by atoms with Crippen LogP contribution in [0.5, 0.6) is 0 Å². The van der Waals surface area contributed by atoms with Gasteiger partial charge < -0.3 is 13.6 Å². The maximum absolute atomic E-state index is 13.4. The lowest BCUT2D eigenvalue weighted by molar-refractivity contribution is -0.121. The summed E-state index contributed by atoms with van der Waals surface area (Å²) in [6.07, 6.45) is 1.38. The van der Waals surface area contributed by atoms with Gasteiger partial charge in [0.25, 0.3) is 5.56 Å². The summed E-state index contributed by atoms with van der Waals surface area (Å²) in [5.74, 6) is 0.131. The van der Waals surface area contributed by atoms with Gasteiger partial charge >= 0.3 is 0 Å². The second-order valence-electron chi connectivity index (χ2n) is 14.7. The van der Waals surface area contributed by atoms with Crippen LogP contribution in [-0.2, 0) is 24.9 Å². The number of aromatic nitrogens is 4. The van der Waals surface area contributed by atoms with Crippen LogP contribution in [0.25, 0.3) is 11.2 Å². The molecule has 12 heteroatoms. The van der Waals surface area contributed by atoms with E-state index in [1.807, 2.05) is 18.4 Å². The van der Waals surface area contributed by atoms with Crippen molar-refractivity contribution in [2.75, 3.05) is 18.1 Å². The Morgan fingerprint density at radius 1 is 1.07 bits per heavy atom. The highest BCUT2D eigenvalue weighted by molar-refractivity contribution is 6.74. The molecular weight excluding hydrogens is 543 g/mol. The van der Waals surface area contributed by atoms with E-state index in [1.165, 1.54) is 0 Å². The summed E-state index contributed by atoms with van der Waals surface area (Å²) in [7, 11) is -4.12. The van der Waals surface area contributed by atoms with Gasteiger partial charge in [-0.25, -0.2) is 4.98 Å². The van der Waals surface area contributed by atoms with Gasteiger partial charge in [0.1, 0.15) is 12.3 Å². The molecule has 0 spiro atoms. The third-order valence-corrected chi connectivity index (χ3v) is 18.4. The highest BCUT2D eigenvalue weighted by Gasteiger charge is 2.47. The summed E-state index contributed by atoms with van der Waals surface area (Å²) >= 11 is 0. The maximum atomic E-state index is 13.4. The molecule has 0 radical (unpaired) electrons. The first-order chi connectivity index (χ1) is 18.2. The number of nitrogens with zero attached hydrogens (tertiary/aromatic N) is 5. The van der Waals surface area contributed by atoms with Crippen LogP contribution in [-0.4, -0.2) is 67.0 Å². The standard InChI is InChI=1S/C28H49N5O5Si2/c1-18(2)24(34)31-13-14-32-25(35)22-23(30-26(31)32)33(17-29-22)21-15-19(38-40(11,12)28(6,7)8)20(37-21)16-36-39(9,10)27(3,4)5/h17-21H,13-16H2,1-12H3/t19-,20+,21?/m0/s1. The molecule has 0 saturated carbocycles. The van der Waals surface area contributed by atoms with E-state index < -0.39 is 22.9 Å². The van der Waals surface area contributed by atoms with Crippen molar-refractivity contribution in [3.8, 4) is 0 Å². The predicted octanol–water partition coefficient (Wildman–Crippen LogP) is 5.30. The zero-order valence-electron chi connectivity index (χ0n) is 26.5. The Morgan fingerprint density at radius 3 is 2.27 bits per heavy atom. The molecule has 2 aliphatic rings. The van der Waals surface area contributed by atoms with E-state index in [2.05, 4.69) is 72.7 Å². The lowest BCUT2D eigenvalue weighted by Gasteiger charge is -2.40. The molecule has 0 N–H and O–H groups in total. The van der Waals surface area contributed by atoms with E-state index in [4.69, 9.17) is 18.6 Å². The van der Waals surface area contributed by atoms with Gasteiger partial charge in [-0.05, 0) is 36.3 Å². The zero-order chi connectivity index (χ0) is 30.0. The number of hydrogen-bond donors (Lipinski definition) is 0. The molecule has 4 heterocycles. The van der Waals surface area contributed by atoms with Gasteiger partial charge in [-0.3, -0.25) is 23.6 Å². The maximum Gasteiger partial charge on any atom is 0.283 e. The van der Waals surface area contributed by atoms with Crippen molar-refractivity contribution in [1.29, 1.82) is 0 Å². The first-order valence-electron chi connectivity index (χ1n) is 14.5. The van der Waals surface area contributed by atoms with Gasteiger partial charge in [0, 0.05) is 25.4 Å². The molecule has 1 saturated heterocycles. The fourth-order valence-electron chi connectivity index (χ4n) is 4.64. The summed E-state index contributed by atoms with van der Waals surface area (Å²) in [5, 5.41) is 0.119. The minimum absolute atomic E-state index is 0.0425. The van der Waals surface area contributed by atoms with Crippen molar-refractivity contribution in [2.24, 2.45) is 5.92 Å². The molecule has 3 atom stereocenters. The van der Waals surface area contributed by atoms with E-state index in [0.29, 0.717) is 37.7 Å². The van der Waals surface area contributed by atoms with Gasteiger partial charge in [0.05, 0.1) is 19.0 Å². The van der Waals surface area contributed by atoms with Crippen molar-refractivity contribution >= 4 is 39.7 Å². The van der Waals surface area contributed by atoms with Gasteiger partial charge in [-0.2, -0.15) is 4.98 Å². The normalized spacial score (nSPS) is 22.5. The van der Waals surface area contributed by atoms with Crippen molar-refractivity contribution in [3.05, 3.63) is 16.7 Å². The molecule has 0 aliphatic carbocycles. The number of amides is 1. The summed E-state index contributed by atoms with van der Waals surface area (Å²) in [6.45, 7) is 27.4. The quantitative estimate of drug-likeness (QED) is 0.403. The van der Waals surface area contributed by atoms with E-state index in [-0.39, 0.29) is 45.2 Å². The molecule has 2 aromatic heterocycles. The number of imidazole rings is 1. The monoisotopic (exact) mass is 591 g/mol. The predicted molar refractivity (Wildman–Crippen MR) is 163 cm³/mol. The van der Waals surface area contributed by atoms with Crippen LogP contribution in [0.3, 0.4) is 0 Å². The van der Waals surface area contributed by atoms with Crippen LogP contribution >= 0.6 is 0 Å². The van der Waals surface area contributed by atoms with Crippen LogP contribution < -0.4 is 10.5 Å².